The summed E-state index contributed by atoms with van der Waals surface area (Å²) in [6, 6.07) is 2.02. The molecule has 0 spiro atoms. The lowest BCUT2D eigenvalue weighted by atomic mass is 9.99. The van der Waals surface area contributed by atoms with Crippen molar-refractivity contribution in [2.75, 3.05) is 18.5 Å². The number of halogens is 2. The van der Waals surface area contributed by atoms with Gasteiger partial charge < -0.3 is 15.4 Å². The fourth-order valence-corrected chi connectivity index (χ4v) is 2.22. The first-order valence-corrected chi connectivity index (χ1v) is 7.71. The molecule has 1 aliphatic rings. The maximum absolute atomic E-state index is 13.0. The van der Waals surface area contributed by atoms with E-state index in [1.165, 1.54) is 6.92 Å². The number of urea groups is 1. The molecule has 140 valence electrons. The summed E-state index contributed by atoms with van der Waals surface area (Å²) >= 11 is 0. The Kier molecular flexibility index (Phi) is 5.53. The molecule has 0 aromatic heterocycles. The number of benzene rings is 1. The van der Waals surface area contributed by atoms with Gasteiger partial charge in [-0.05, 0) is 25.5 Å². The van der Waals surface area contributed by atoms with Gasteiger partial charge in [-0.3, -0.25) is 19.3 Å². The molecule has 0 radical (unpaired) electrons. The third kappa shape index (κ3) is 4.13. The Hall–Kier alpha value is -3.04. The number of rotatable bonds is 6. The van der Waals surface area contributed by atoms with Crippen LogP contribution in [0.2, 0.25) is 0 Å². The molecule has 1 aromatic carbocycles. The number of hydrogen-bond acceptors (Lipinski definition) is 5. The van der Waals surface area contributed by atoms with Crippen LogP contribution >= 0.6 is 0 Å². The molecule has 1 aromatic rings. The summed E-state index contributed by atoms with van der Waals surface area (Å²) in [5.74, 6) is -4.53. The highest BCUT2D eigenvalue weighted by molar-refractivity contribution is 6.08. The largest absolute Gasteiger partial charge is 0.454 e. The van der Waals surface area contributed by atoms with Crippen LogP contribution in [0.5, 0.6) is 0 Å². The standard InChI is InChI=1S/C16H17F2N3O5/c1-3-16(2)14(24)21(15(25)20-16)7-13(23)26-8-12(22)19-9-4-5-10(17)11(18)6-9/h4-6H,3,7-8H2,1-2H3,(H,19,22)(H,20,25)/t16-/m0/s1. The summed E-state index contributed by atoms with van der Waals surface area (Å²) < 4.78 is 30.6. The molecule has 1 atom stereocenters. The second kappa shape index (κ2) is 7.46. The molecule has 0 bridgehead atoms. The van der Waals surface area contributed by atoms with Gasteiger partial charge in [-0.1, -0.05) is 6.92 Å². The molecule has 26 heavy (non-hydrogen) atoms. The van der Waals surface area contributed by atoms with Crippen LogP contribution in [0.4, 0.5) is 19.3 Å². The number of nitrogens with one attached hydrogen (secondary N) is 2. The second-order valence-electron chi connectivity index (χ2n) is 5.84. The van der Waals surface area contributed by atoms with Crippen molar-refractivity contribution >= 4 is 29.5 Å². The van der Waals surface area contributed by atoms with Crippen LogP contribution in [0, 0.1) is 11.6 Å². The zero-order valence-electron chi connectivity index (χ0n) is 14.1. The van der Waals surface area contributed by atoms with Crippen LogP contribution in [-0.2, 0) is 19.1 Å². The van der Waals surface area contributed by atoms with Crippen molar-refractivity contribution in [1.29, 1.82) is 0 Å². The highest BCUT2D eigenvalue weighted by atomic mass is 19.2. The van der Waals surface area contributed by atoms with Crippen molar-refractivity contribution in [3.8, 4) is 0 Å². The van der Waals surface area contributed by atoms with Crippen molar-refractivity contribution < 1.29 is 32.7 Å². The van der Waals surface area contributed by atoms with Gasteiger partial charge in [0.05, 0.1) is 0 Å². The Bertz CT molecular complexity index is 770. The SMILES string of the molecule is CC[C@]1(C)NC(=O)N(CC(=O)OCC(=O)Nc2ccc(F)c(F)c2)C1=O. The van der Waals surface area contributed by atoms with E-state index in [2.05, 4.69) is 10.6 Å². The Morgan fingerprint density at radius 1 is 1.27 bits per heavy atom. The fraction of sp³-hybridized carbons (Fsp3) is 0.375. The number of hydrogen-bond donors (Lipinski definition) is 2. The van der Waals surface area contributed by atoms with E-state index >= 15 is 0 Å². The normalized spacial score (nSPS) is 19.3. The van der Waals surface area contributed by atoms with Crippen LogP contribution in [0.25, 0.3) is 0 Å². The molecular formula is C16H17F2N3O5. The predicted octanol–water partition coefficient (Wildman–Crippen LogP) is 1.17. The molecule has 4 amide bonds. The number of carbonyl (C=O) groups is 4. The summed E-state index contributed by atoms with van der Waals surface area (Å²) in [5.41, 5.74) is -1.10. The van der Waals surface area contributed by atoms with E-state index in [4.69, 9.17) is 4.74 Å². The average Bonchev–Trinajstić information content (AvgIpc) is 2.80. The van der Waals surface area contributed by atoms with E-state index in [9.17, 15) is 28.0 Å². The lowest BCUT2D eigenvalue weighted by molar-refractivity contribution is -0.150. The highest BCUT2D eigenvalue weighted by Gasteiger charge is 2.47. The lowest BCUT2D eigenvalue weighted by Gasteiger charge is -2.18. The van der Waals surface area contributed by atoms with E-state index in [0.29, 0.717) is 11.3 Å². The van der Waals surface area contributed by atoms with Crippen molar-refractivity contribution in [3.63, 3.8) is 0 Å². The molecule has 10 heteroatoms. The third-order valence-corrected chi connectivity index (χ3v) is 3.91. The van der Waals surface area contributed by atoms with E-state index in [1.54, 1.807) is 6.92 Å². The van der Waals surface area contributed by atoms with Crippen molar-refractivity contribution in [2.45, 2.75) is 25.8 Å². The first-order valence-electron chi connectivity index (χ1n) is 7.71. The van der Waals surface area contributed by atoms with Gasteiger partial charge in [0.15, 0.2) is 18.2 Å². The Balaban J connectivity index is 1.85. The van der Waals surface area contributed by atoms with Gasteiger partial charge in [-0.25, -0.2) is 13.6 Å². The quantitative estimate of drug-likeness (QED) is 0.579. The Morgan fingerprint density at radius 2 is 1.96 bits per heavy atom. The molecular weight excluding hydrogens is 352 g/mol. The lowest BCUT2D eigenvalue weighted by Crippen LogP contribution is -2.43. The molecule has 2 N–H and O–H groups in total. The van der Waals surface area contributed by atoms with Crippen LogP contribution in [0.3, 0.4) is 0 Å². The predicted molar refractivity (Wildman–Crippen MR) is 84.9 cm³/mol. The number of nitrogens with zero attached hydrogens (tertiary/aromatic N) is 1. The van der Waals surface area contributed by atoms with E-state index in [0.717, 1.165) is 18.2 Å². The molecule has 2 rings (SSSR count). The van der Waals surface area contributed by atoms with E-state index in [-0.39, 0.29) is 5.69 Å². The number of anilines is 1. The highest BCUT2D eigenvalue weighted by Crippen LogP contribution is 2.20. The molecule has 8 nitrogen and oxygen atoms in total. The summed E-state index contributed by atoms with van der Waals surface area (Å²) in [4.78, 5) is 48.0. The molecule has 1 fully saturated rings. The second-order valence-corrected chi connectivity index (χ2v) is 5.84. The van der Waals surface area contributed by atoms with Crippen LogP contribution in [-0.4, -0.2) is 47.4 Å². The van der Waals surface area contributed by atoms with Gasteiger partial charge in [-0.15, -0.1) is 0 Å². The zero-order valence-corrected chi connectivity index (χ0v) is 14.1. The number of imide groups is 1. The summed E-state index contributed by atoms with van der Waals surface area (Å²) in [7, 11) is 0. The van der Waals surface area contributed by atoms with Gasteiger partial charge in [0, 0.05) is 11.8 Å². The summed E-state index contributed by atoms with van der Waals surface area (Å²) in [5, 5.41) is 4.69. The molecule has 1 aliphatic heterocycles. The molecule has 1 saturated heterocycles. The number of ether oxygens (including phenoxy) is 1. The minimum Gasteiger partial charge on any atom is -0.454 e. The molecule has 0 unspecified atom stereocenters. The maximum Gasteiger partial charge on any atom is 0.326 e. The monoisotopic (exact) mass is 369 g/mol. The van der Waals surface area contributed by atoms with Crippen molar-refractivity contribution in [2.24, 2.45) is 0 Å². The first kappa shape index (κ1) is 19.3. The maximum atomic E-state index is 13.0. The summed E-state index contributed by atoms with van der Waals surface area (Å²) in [6.07, 6.45) is 0.347. The first-order chi connectivity index (χ1) is 12.2. The summed E-state index contributed by atoms with van der Waals surface area (Å²) in [6.45, 7) is 1.89. The Morgan fingerprint density at radius 3 is 2.54 bits per heavy atom. The average molecular weight is 369 g/mol. The van der Waals surface area contributed by atoms with E-state index in [1.807, 2.05) is 0 Å². The van der Waals surface area contributed by atoms with Gasteiger partial charge in [-0.2, -0.15) is 0 Å². The van der Waals surface area contributed by atoms with Crippen LogP contribution < -0.4 is 10.6 Å². The molecule has 0 aliphatic carbocycles. The number of esters is 1. The number of amides is 4. The minimum atomic E-state index is -1.14. The van der Waals surface area contributed by atoms with Gasteiger partial charge in [0.25, 0.3) is 11.8 Å². The van der Waals surface area contributed by atoms with Crippen molar-refractivity contribution in [1.82, 2.24) is 10.2 Å². The van der Waals surface area contributed by atoms with Crippen LogP contribution in [0.15, 0.2) is 18.2 Å². The fourth-order valence-electron chi connectivity index (χ4n) is 2.22. The molecule has 0 saturated carbocycles. The Labute approximate surface area is 147 Å². The smallest absolute Gasteiger partial charge is 0.326 e. The number of carbonyl (C=O) groups excluding carboxylic acids is 4. The van der Waals surface area contributed by atoms with Gasteiger partial charge in [0.2, 0.25) is 0 Å². The minimum absolute atomic E-state index is 0.0160. The van der Waals surface area contributed by atoms with Gasteiger partial charge in [0.1, 0.15) is 12.1 Å². The topological polar surface area (TPSA) is 105 Å². The van der Waals surface area contributed by atoms with Crippen molar-refractivity contribution in [3.05, 3.63) is 29.8 Å². The zero-order chi connectivity index (χ0) is 19.5. The molecule has 1 heterocycles. The van der Waals surface area contributed by atoms with Gasteiger partial charge >= 0.3 is 12.0 Å². The van der Waals surface area contributed by atoms with Crippen LogP contribution in [0.1, 0.15) is 20.3 Å². The van der Waals surface area contributed by atoms with E-state index < -0.39 is 54.1 Å². The third-order valence-electron chi connectivity index (χ3n) is 3.91.